The Morgan fingerprint density at radius 1 is 1.02 bits per heavy atom. The van der Waals surface area contributed by atoms with Crippen LogP contribution in [-0.4, -0.2) is 65.9 Å². The van der Waals surface area contributed by atoms with Gasteiger partial charge in [-0.3, -0.25) is 9.69 Å². The summed E-state index contributed by atoms with van der Waals surface area (Å²) < 4.78 is 13.4. The third-order valence-electron chi connectivity index (χ3n) is 8.70. The molecule has 2 unspecified atom stereocenters. The molecule has 4 rings (SSSR count). The highest BCUT2D eigenvalue weighted by Crippen LogP contribution is 2.37. The highest BCUT2D eigenvalue weighted by Gasteiger charge is 2.43. The fraction of sp³-hybridized carbons (Fsp3) is 0.632. The first-order chi connectivity index (χ1) is 20.9. The zero-order valence-electron chi connectivity index (χ0n) is 29.2. The number of aliphatic hydroxyl groups is 1. The molecule has 2 aromatic carbocycles. The molecule has 1 amide bonds. The minimum atomic E-state index is -0.224. The van der Waals surface area contributed by atoms with Gasteiger partial charge in [0.1, 0.15) is 12.1 Å². The summed E-state index contributed by atoms with van der Waals surface area (Å²) in [7, 11) is 1.00. The first-order valence-corrected chi connectivity index (χ1v) is 16.7. The van der Waals surface area contributed by atoms with E-state index in [0.717, 1.165) is 64.4 Å². The number of carbonyl (C=O) groups is 2. The number of nitrogens with zero attached hydrogens (tertiary/aromatic N) is 2. The molecule has 44 heavy (non-hydrogen) atoms. The van der Waals surface area contributed by atoms with Gasteiger partial charge in [-0.15, -0.1) is 0 Å². The molecular formula is C38H61FN2O3. The Morgan fingerprint density at radius 2 is 1.64 bits per heavy atom. The number of aryl methyl sites for hydroxylation is 3. The number of hydrogen-bond acceptors (Lipinski definition) is 4. The Kier molecular flexibility index (Phi) is 18.3. The van der Waals surface area contributed by atoms with Gasteiger partial charge in [0, 0.05) is 51.2 Å². The zero-order chi connectivity index (χ0) is 33.3. The number of aldehydes is 1. The normalized spacial score (nSPS) is 18.0. The van der Waals surface area contributed by atoms with Gasteiger partial charge in [-0.2, -0.15) is 0 Å². The van der Waals surface area contributed by atoms with Gasteiger partial charge in [0.2, 0.25) is 5.91 Å². The van der Waals surface area contributed by atoms with Crippen molar-refractivity contribution in [3.63, 3.8) is 0 Å². The van der Waals surface area contributed by atoms with Crippen LogP contribution in [0.15, 0.2) is 42.5 Å². The molecule has 0 aromatic heterocycles. The topological polar surface area (TPSA) is 60.9 Å². The monoisotopic (exact) mass is 612 g/mol. The van der Waals surface area contributed by atoms with Crippen LogP contribution in [0.25, 0.3) is 0 Å². The summed E-state index contributed by atoms with van der Waals surface area (Å²) in [4.78, 5) is 27.2. The van der Waals surface area contributed by atoms with Gasteiger partial charge in [-0.05, 0) is 94.5 Å². The number of benzene rings is 2. The van der Waals surface area contributed by atoms with E-state index < -0.39 is 0 Å². The molecule has 1 saturated heterocycles. The standard InChI is InChI=1S/C24H39FN2O.C10H12.C3H6O.CH4O/c1-7-14-26(15-13-18(3)8-2)23(28)22-17-27(24(4,5)6)16-21(22)19-9-11-20(25)12-10-19;1-8-5-6-9-3-2-4-10(9)7-8;1-2-3-4;1-2/h9-12,18,21-22H,7-8,13-17H2,1-6H3;5-7H,2-4H2,1H3;3H,2H2,1H3;2H,1H3/t18-,21?,22?;;;/m1.../s1. The summed E-state index contributed by atoms with van der Waals surface area (Å²) in [5.41, 5.74) is 5.65. The van der Waals surface area contributed by atoms with E-state index >= 15 is 0 Å². The van der Waals surface area contributed by atoms with E-state index in [-0.39, 0.29) is 29.1 Å². The lowest BCUT2D eigenvalue weighted by Gasteiger charge is -2.32. The molecular weight excluding hydrogens is 551 g/mol. The number of rotatable bonds is 9. The second kappa shape index (κ2) is 20.5. The first-order valence-electron chi connectivity index (χ1n) is 16.7. The number of aliphatic hydroxyl groups excluding tert-OH is 1. The fourth-order valence-corrected chi connectivity index (χ4v) is 5.77. The van der Waals surface area contributed by atoms with Crippen LogP contribution in [0.3, 0.4) is 0 Å². The minimum absolute atomic E-state index is 0.0135. The van der Waals surface area contributed by atoms with E-state index in [1.54, 1.807) is 11.1 Å². The number of hydrogen-bond donors (Lipinski definition) is 1. The van der Waals surface area contributed by atoms with E-state index in [4.69, 9.17) is 5.11 Å². The Labute approximate surface area is 268 Å². The molecule has 1 aliphatic carbocycles. The predicted octanol–water partition coefficient (Wildman–Crippen LogP) is 8.00. The maximum atomic E-state index is 13.6. The van der Waals surface area contributed by atoms with Gasteiger partial charge in [0.15, 0.2) is 0 Å². The van der Waals surface area contributed by atoms with Crippen LogP contribution in [0, 0.1) is 24.6 Å². The maximum Gasteiger partial charge on any atom is 0.227 e. The predicted molar refractivity (Wildman–Crippen MR) is 183 cm³/mol. The van der Waals surface area contributed by atoms with Crippen molar-refractivity contribution in [1.29, 1.82) is 0 Å². The van der Waals surface area contributed by atoms with Gasteiger partial charge in [0.25, 0.3) is 0 Å². The Hall–Kier alpha value is -2.57. The summed E-state index contributed by atoms with van der Waals surface area (Å²) in [6.45, 7) is 20.5. The van der Waals surface area contributed by atoms with Crippen molar-refractivity contribution in [3.05, 3.63) is 70.5 Å². The van der Waals surface area contributed by atoms with Crippen molar-refractivity contribution in [2.45, 2.75) is 112 Å². The van der Waals surface area contributed by atoms with E-state index in [1.165, 1.54) is 37.0 Å². The van der Waals surface area contributed by atoms with Crippen LogP contribution in [0.4, 0.5) is 4.39 Å². The summed E-state index contributed by atoms with van der Waals surface area (Å²) in [5.74, 6) is 0.739. The summed E-state index contributed by atoms with van der Waals surface area (Å²) in [6.07, 6.45) is 8.65. The quantitative estimate of drug-likeness (QED) is 0.292. The van der Waals surface area contributed by atoms with Crippen molar-refractivity contribution in [2.24, 2.45) is 11.8 Å². The van der Waals surface area contributed by atoms with E-state index in [0.29, 0.717) is 12.3 Å². The maximum absolute atomic E-state index is 13.6. The average Bonchev–Trinajstić information content (AvgIpc) is 3.68. The summed E-state index contributed by atoms with van der Waals surface area (Å²) in [5, 5.41) is 7.00. The van der Waals surface area contributed by atoms with Crippen molar-refractivity contribution in [2.75, 3.05) is 33.3 Å². The van der Waals surface area contributed by atoms with Crippen molar-refractivity contribution >= 4 is 12.2 Å². The van der Waals surface area contributed by atoms with E-state index in [1.807, 2.05) is 19.1 Å². The van der Waals surface area contributed by atoms with Crippen molar-refractivity contribution in [1.82, 2.24) is 9.80 Å². The Morgan fingerprint density at radius 3 is 2.18 bits per heavy atom. The van der Waals surface area contributed by atoms with Gasteiger partial charge >= 0.3 is 0 Å². The molecule has 0 bridgehead atoms. The highest BCUT2D eigenvalue weighted by molar-refractivity contribution is 5.80. The molecule has 0 spiro atoms. The molecule has 1 heterocycles. The summed E-state index contributed by atoms with van der Waals surface area (Å²) in [6, 6.07) is 13.6. The van der Waals surface area contributed by atoms with Crippen molar-refractivity contribution < 1.29 is 19.1 Å². The second-order valence-corrected chi connectivity index (χ2v) is 13.2. The fourth-order valence-electron chi connectivity index (χ4n) is 5.77. The molecule has 1 fully saturated rings. The molecule has 0 radical (unpaired) electrons. The lowest BCUT2D eigenvalue weighted by atomic mass is 9.87. The molecule has 2 aliphatic rings. The third kappa shape index (κ3) is 12.8. The average molecular weight is 613 g/mol. The highest BCUT2D eigenvalue weighted by atomic mass is 19.1. The molecule has 3 atom stereocenters. The number of halogens is 1. The second-order valence-electron chi connectivity index (χ2n) is 13.2. The molecule has 1 aliphatic heterocycles. The van der Waals surface area contributed by atoms with Gasteiger partial charge in [-0.1, -0.05) is 70.0 Å². The number of likely N-dealkylation sites (tertiary alicyclic amines) is 1. The van der Waals surface area contributed by atoms with E-state index in [2.05, 4.69) is 76.5 Å². The molecule has 1 N–H and O–H groups in total. The van der Waals surface area contributed by atoms with Gasteiger partial charge < -0.3 is 14.8 Å². The number of carbonyl (C=O) groups excluding carboxylic acids is 2. The van der Waals surface area contributed by atoms with Crippen LogP contribution in [-0.2, 0) is 22.4 Å². The summed E-state index contributed by atoms with van der Waals surface area (Å²) >= 11 is 0. The molecule has 2 aromatic rings. The number of amides is 1. The van der Waals surface area contributed by atoms with E-state index in [9.17, 15) is 14.0 Å². The van der Waals surface area contributed by atoms with Crippen LogP contribution < -0.4 is 0 Å². The van der Waals surface area contributed by atoms with Crippen LogP contribution >= 0.6 is 0 Å². The lowest BCUT2D eigenvalue weighted by molar-refractivity contribution is -0.136. The van der Waals surface area contributed by atoms with Crippen molar-refractivity contribution in [3.8, 4) is 0 Å². The lowest BCUT2D eigenvalue weighted by Crippen LogP contribution is -2.42. The number of fused-ring (bicyclic) bond motifs is 1. The largest absolute Gasteiger partial charge is 0.400 e. The smallest absolute Gasteiger partial charge is 0.227 e. The Bertz CT molecular complexity index is 1100. The zero-order valence-corrected chi connectivity index (χ0v) is 29.2. The van der Waals surface area contributed by atoms with Crippen LogP contribution in [0.1, 0.15) is 109 Å². The van der Waals surface area contributed by atoms with Crippen LogP contribution in [0.5, 0.6) is 0 Å². The first kappa shape index (κ1) is 39.5. The van der Waals surface area contributed by atoms with Gasteiger partial charge in [0.05, 0.1) is 5.92 Å². The van der Waals surface area contributed by atoms with Gasteiger partial charge in [-0.25, -0.2) is 4.39 Å². The molecule has 248 valence electrons. The molecule has 5 nitrogen and oxygen atoms in total. The Balaban J connectivity index is 0.000000492. The minimum Gasteiger partial charge on any atom is -0.400 e. The molecule has 0 saturated carbocycles. The molecule has 6 heteroatoms. The third-order valence-corrected chi connectivity index (χ3v) is 8.70. The SMILES string of the molecule is CCC=O.CCCN(CC[C@H](C)CC)C(=O)C1CN(C(C)(C)C)CC1c1ccc(F)cc1.CO.Cc1ccc2c(c1)CCC2. The van der Waals surface area contributed by atoms with Crippen LogP contribution in [0.2, 0.25) is 0 Å².